The fourth-order valence-corrected chi connectivity index (χ4v) is 3.09. The normalized spacial score (nSPS) is 13.7. The molecule has 0 unspecified atom stereocenters. The van der Waals surface area contributed by atoms with E-state index in [0.717, 1.165) is 28.0 Å². The van der Waals surface area contributed by atoms with E-state index >= 15 is 0 Å². The molecule has 0 aliphatic carbocycles. The molecule has 3 rings (SSSR count). The summed E-state index contributed by atoms with van der Waals surface area (Å²) in [5.41, 5.74) is 5.28. The molecule has 0 spiro atoms. The average molecular weight is 364 g/mol. The van der Waals surface area contributed by atoms with Gasteiger partial charge in [0.1, 0.15) is 6.61 Å². The third-order valence-electron chi connectivity index (χ3n) is 4.01. The van der Waals surface area contributed by atoms with Gasteiger partial charge < -0.3 is 10.2 Å². The van der Waals surface area contributed by atoms with Crippen molar-refractivity contribution in [1.29, 1.82) is 0 Å². The van der Waals surface area contributed by atoms with E-state index in [2.05, 4.69) is 11.8 Å². The van der Waals surface area contributed by atoms with Crippen LogP contribution in [0.5, 0.6) is 0 Å². The van der Waals surface area contributed by atoms with Crippen LogP contribution in [0, 0.1) is 11.8 Å². The molecule has 0 saturated carbocycles. The number of hydrogen-bond acceptors (Lipinski definition) is 3. The zero-order chi connectivity index (χ0) is 18.4. The van der Waals surface area contributed by atoms with Gasteiger partial charge in [0.2, 0.25) is 0 Å². The van der Waals surface area contributed by atoms with E-state index in [9.17, 15) is 5.11 Å². The Balaban J connectivity index is 2.17. The highest BCUT2D eigenvalue weighted by Crippen LogP contribution is 2.31. The molecule has 0 atom stereocenters. The van der Waals surface area contributed by atoms with Crippen LogP contribution >= 0.6 is 11.6 Å². The Bertz CT molecular complexity index is 947. The van der Waals surface area contributed by atoms with Crippen molar-refractivity contribution in [3.8, 4) is 11.8 Å². The van der Waals surface area contributed by atoms with Gasteiger partial charge in [0, 0.05) is 21.7 Å². The van der Waals surface area contributed by atoms with Crippen LogP contribution in [0.25, 0.3) is 5.57 Å². The predicted octanol–water partition coefficient (Wildman–Crippen LogP) is 3.49. The molecule has 0 fully saturated rings. The Hall–Kier alpha value is -2.64. The van der Waals surface area contributed by atoms with Gasteiger partial charge >= 0.3 is 0 Å². The summed E-state index contributed by atoms with van der Waals surface area (Å²) in [5.74, 6) is 5.58. The smallest absolute Gasteiger partial charge is 0.104 e. The topological polar surface area (TPSA) is 52.8 Å². The van der Waals surface area contributed by atoms with Gasteiger partial charge in [-0.15, -0.1) is 0 Å². The van der Waals surface area contributed by atoms with E-state index in [4.69, 9.17) is 21.7 Å². The molecule has 0 bridgehead atoms. The quantitative estimate of drug-likeness (QED) is 0.820. The highest BCUT2D eigenvalue weighted by molar-refractivity contribution is 6.31. The molecule has 2 aromatic carbocycles. The maximum atomic E-state index is 9.38. The number of hydrogen-bond donors (Lipinski definition) is 2. The van der Waals surface area contributed by atoms with Crippen LogP contribution in [-0.2, 0) is 0 Å². The molecule has 1 aliphatic heterocycles. The summed E-state index contributed by atoms with van der Waals surface area (Å²) in [4.78, 5) is 4.74. The number of benzene rings is 2. The van der Waals surface area contributed by atoms with Crippen molar-refractivity contribution < 1.29 is 10.2 Å². The van der Waals surface area contributed by atoms with E-state index in [1.165, 1.54) is 0 Å². The van der Waals surface area contributed by atoms with Crippen molar-refractivity contribution in [2.75, 3.05) is 19.8 Å². The molecule has 1 aliphatic rings. The average Bonchev–Trinajstić information content (AvgIpc) is 2.85. The van der Waals surface area contributed by atoms with Crippen molar-refractivity contribution in [3.63, 3.8) is 0 Å². The first-order valence-electron chi connectivity index (χ1n) is 8.26. The molecule has 0 amide bonds. The minimum absolute atomic E-state index is 0.137. The number of nitrogens with zero attached hydrogens (tertiary/aromatic N) is 1. The van der Waals surface area contributed by atoms with Crippen LogP contribution in [0.4, 0.5) is 0 Å². The number of aliphatic imine (C=N–C) groups is 1. The third-order valence-corrected chi connectivity index (χ3v) is 4.24. The Morgan fingerprint density at radius 3 is 2.65 bits per heavy atom. The Morgan fingerprint density at radius 2 is 1.92 bits per heavy atom. The summed E-state index contributed by atoms with van der Waals surface area (Å²) in [5, 5.41) is 19.0. The molecule has 2 aromatic rings. The molecule has 1 heterocycles. The minimum Gasteiger partial charge on any atom is -0.392 e. The lowest BCUT2D eigenvalue weighted by atomic mass is 9.90. The van der Waals surface area contributed by atoms with Crippen LogP contribution in [0.3, 0.4) is 0 Å². The number of rotatable bonds is 3. The number of aliphatic hydroxyl groups excluding tert-OH is 2. The van der Waals surface area contributed by atoms with E-state index in [1.54, 1.807) is 6.08 Å². The molecular formula is C22H18ClNO2. The molecule has 0 aromatic heterocycles. The summed E-state index contributed by atoms with van der Waals surface area (Å²) in [6, 6.07) is 15.6. The number of aliphatic hydroxyl groups is 2. The second-order valence-corrected chi connectivity index (χ2v) is 6.06. The molecule has 0 radical (unpaired) electrons. The standard InChI is InChI=1S/C22H18ClNO2/c23-18-8-9-20-19(16(11-14-26)7-4-13-25)10-12-24-22(21(20)15-18)17-5-2-1-3-6-17/h1-3,5-6,8-11,15,25-26H,12-14H2. The van der Waals surface area contributed by atoms with Crippen molar-refractivity contribution in [3.05, 3.63) is 88.0 Å². The number of allylic oxidation sites excluding steroid dienone is 2. The lowest BCUT2D eigenvalue weighted by Gasteiger charge is -2.14. The predicted molar refractivity (Wildman–Crippen MR) is 106 cm³/mol. The van der Waals surface area contributed by atoms with Gasteiger partial charge in [-0.3, -0.25) is 4.99 Å². The maximum absolute atomic E-state index is 9.38. The fourth-order valence-electron chi connectivity index (χ4n) is 2.92. The van der Waals surface area contributed by atoms with Gasteiger partial charge in [0.15, 0.2) is 0 Å². The van der Waals surface area contributed by atoms with Crippen molar-refractivity contribution in [1.82, 2.24) is 0 Å². The molecule has 2 N–H and O–H groups in total. The Labute approximate surface area is 158 Å². The van der Waals surface area contributed by atoms with Crippen LogP contribution in [0.1, 0.15) is 16.7 Å². The van der Waals surface area contributed by atoms with Crippen molar-refractivity contribution in [2.45, 2.75) is 0 Å². The van der Waals surface area contributed by atoms with Gasteiger partial charge in [-0.05, 0) is 29.3 Å². The van der Waals surface area contributed by atoms with E-state index in [-0.39, 0.29) is 13.2 Å². The van der Waals surface area contributed by atoms with Crippen LogP contribution in [-0.4, -0.2) is 35.7 Å². The highest BCUT2D eigenvalue weighted by Gasteiger charge is 2.19. The number of halogens is 1. The third kappa shape index (κ3) is 3.95. The molecule has 3 nitrogen and oxygen atoms in total. The van der Waals surface area contributed by atoms with Crippen LogP contribution < -0.4 is 0 Å². The molecule has 130 valence electrons. The van der Waals surface area contributed by atoms with Crippen molar-refractivity contribution in [2.24, 2.45) is 4.99 Å². The summed E-state index contributed by atoms with van der Waals surface area (Å²) in [7, 11) is 0. The first-order chi connectivity index (χ1) is 12.7. The summed E-state index contributed by atoms with van der Waals surface area (Å²) < 4.78 is 0. The van der Waals surface area contributed by atoms with Crippen molar-refractivity contribution >= 4 is 22.9 Å². The lowest BCUT2D eigenvalue weighted by Crippen LogP contribution is -2.06. The van der Waals surface area contributed by atoms with Gasteiger partial charge in [-0.25, -0.2) is 0 Å². The minimum atomic E-state index is -0.241. The molecular weight excluding hydrogens is 346 g/mol. The molecule has 26 heavy (non-hydrogen) atoms. The van der Waals surface area contributed by atoms with E-state index < -0.39 is 0 Å². The summed E-state index contributed by atoms with van der Waals surface area (Å²) >= 11 is 6.26. The van der Waals surface area contributed by atoms with E-state index in [1.807, 2.05) is 54.6 Å². The fraction of sp³-hybridized carbons (Fsp3) is 0.136. The van der Waals surface area contributed by atoms with Gasteiger partial charge in [-0.1, -0.05) is 65.9 Å². The zero-order valence-corrected chi connectivity index (χ0v) is 14.9. The SMILES string of the molecule is OCC#CC(=CCO)C1=CCN=C(c2ccccc2)c2cc(Cl)ccc21. The highest BCUT2D eigenvalue weighted by atomic mass is 35.5. The Morgan fingerprint density at radius 1 is 1.12 bits per heavy atom. The first kappa shape index (κ1) is 18.2. The van der Waals surface area contributed by atoms with Gasteiger partial charge in [0.25, 0.3) is 0 Å². The van der Waals surface area contributed by atoms with Crippen LogP contribution in [0.15, 0.2) is 71.2 Å². The largest absolute Gasteiger partial charge is 0.392 e. The maximum Gasteiger partial charge on any atom is 0.104 e. The second kappa shape index (κ2) is 8.64. The molecule has 4 heteroatoms. The monoisotopic (exact) mass is 363 g/mol. The lowest BCUT2D eigenvalue weighted by molar-refractivity contribution is 0.342. The van der Waals surface area contributed by atoms with E-state index in [0.29, 0.717) is 17.1 Å². The summed E-state index contributed by atoms with van der Waals surface area (Å²) in [6.07, 6.45) is 3.62. The van der Waals surface area contributed by atoms with Gasteiger partial charge in [0.05, 0.1) is 18.9 Å². The first-order valence-corrected chi connectivity index (χ1v) is 8.64. The Kier molecular flexibility index (Phi) is 6.04. The second-order valence-electron chi connectivity index (χ2n) is 5.62. The zero-order valence-electron chi connectivity index (χ0n) is 14.1. The molecule has 0 saturated heterocycles. The number of fused-ring (bicyclic) bond motifs is 1. The summed E-state index contributed by atoms with van der Waals surface area (Å²) in [6.45, 7) is 0.104. The van der Waals surface area contributed by atoms with Crippen LogP contribution in [0.2, 0.25) is 5.02 Å². The van der Waals surface area contributed by atoms with Gasteiger partial charge in [-0.2, -0.15) is 0 Å².